The fourth-order valence-electron chi connectivity index (χ4n) is 2.53. The summed E-state index contributed by atoms with van der Waals surface area (Å²) >= 11 is 0. The Morgan fingerprint density at radius 2 is 2.11 bits per heavy atom. The Kier molecular flexibility index (Phi) is 4.08. The fraction of sp³-hybridized carbons (Fsp3) is 0.625. The van der Waals surface area contributed by atoms with Crippen LogP contribution < -0.4 is 0 Å². The molecule has 1 aromatic rings. The van der Waals surface area contributed by atoms with Crippen molar-refractivity contribution in [2.24, 2.45) is 0 Å². The third kappa shape index (κ3) is 3.33. The second-order valence-electron chi connectivity index (χ2n) is 6.33. The van der Waals surface area contributed by atoms with E-state index < -0.39 is 0 Å². The third-order valence-corrected chi connectivity index (χ3v) is 3.76. The van der Waals surface area contributed by atoms with Crippen LogP contribution in [0.3, 0.4) is 0 Å². The van der Waals surface area contributed by atoms with E-state index in [1.54, 1.807) is 0 Å². The molecular formula is C16H25NO. The molecule has 1 unspecified atom stereocenters. The summed E-state index contributed by atoms with van der Waals surface area (Å²) in [4.78, 5) is 2.48. The van der Waals surface area contributed by atoms with Gasteiger partial charge in [0.25, 0.3) is 0 Å². The highest BCUT2D eigenvalue weighted by Crippen LogP contribution is 2.24. The summed E-state index contributed by atoms with van der Waals surface area (Å²) < 4.78 is 5.42. The predicted molar refractivity (Wildman–Crippen MR) is 75.8 cm³/mol. The number of ether oxygens (including phenoxy) is 1. The Morgan fingerprint density at radius 3 is 2.72 bits per heavy atom. The van der Waals surface area contributed by atoms with Crippen LogP contribution in [-0.2, 0) is 16.7 Å². The maximum atomic E-state index is 5.42. The van der Waals surface area contributed by atoms with E-state index in [-0.39, 0.29) is 5.41 Å². The molecule has 100 valence electrons. The summed E-state index contributed by atoms with van der Waals surface area (Å²) in [5, 5.41) is 0. The molecular weight excluding hydrogens is 222 g/mol. The predicted octanol–water partition coefficient (Wildman–Crippen LogP) is 3.20. The molecule has 1 atom stereocenters. The van der Waals surface area contributed by atoms with Crippen molar-refractivity contribution in [3.05, 3.63) is 35.4 Å². The molecule has 0 aromatic heterocycles. The third-order valence-electron chi connectivity index (χ3n) is 3.76. The quantitative estimate of drug-likeness (QED) is 0.813. The van der Waals surface area contributed by atoms with E-state index in [1.807, 2.05) is 7.11 Å². The smallest absolute Gasteiger partial charge is 0.0710 e. The van der Waals surface area contributed by atoms with E-state index in [9.17, 15) is 0 Å². The van der Waals surface area contributed by atoms with Crippen molar-refractivity contribution in [2.45, 2.75) is 45.3 Å². The van der Waals surface area contributed by atoms with Gasteiger partial charge in [0.15, 0.2) is 0 Å². The average Bonchev–Trinajstić information content (AvgIpc) is 2.76. The molecule has 2 heteroatoms. The Hall–Kier alpha value is -0.860. The highest BCUT2D eigenvalue weighted by Gasteiger charge is 2.22. The molecule has 1 saturated heterocycles. The van der Waals surface area contributed by atoms with Gasteiger partial charge in [-0.05, 0) is 23.0 Å². The van der Waals surface area contributed by atoms with Crippen LogP contribution >= 0.6 is 0 Å². The van der Waals surface area contributed by atoms with Crippen LogP contribution in [-0.4, -0.2) is 31.2 Å². The molecule has 18 heavy (non-hydrogen) atoms. The fourth-order valence-corrected chi connectivity index (χ4v) is 2.53. The SMILES string of the molecule is COC1CCN(Cc2cccc(C(C)(C)C)c2)C1. The molecule has 1 aromatic carbocycles. The lowest BCUT2D eigenvalue weighted by Crippen LogP contribution is -2.22. The van der Waals surface area contributed by atoms with E-state index in [0.29, 0.717) is 6.10 Å². The summed E-state index contributed by atoms with van der Waals surface area (Å²) in [6.45, 7) is 10.1. The maximum Gasteiger partial charge on any atom is 0.0710 e. The van der Waals surface area contributed by atoms with E-state index in [0.717, 1.165) is 26.1 Å². The van der Waals surface area contributed by atoms with Gasteiger partial charge in [-0.3, -0.25) is 4.90 Å². The van der Waals surface area contributed by atoms with Crippen molar-refractivity contribution in [2.75, 3.05) is 20.2 Å². The van der Waals surface area contributed by atoms with Crippen LogP contribution in [0.4, 0.5) is 0 Å². The van der Waals surface area contributed by atoms with Crippen LogP contribution in [0.5, 0.6) is 0 Å². The van der Waals surface area contributed by atoms with Gasteiger partial charge in [-0.2, -0.15) is 0 Å². The average molecular weight is 247 g/mol. The first-order valence-electron chi connectivity index (χ1n) is 6.83. The first-order valence-corrected chi connectivity index (χ1v) is 6.83. The second kappa shape index (κ2) is 5.41. The first-order chi connectivity index (χ1) is 8.49. The number of nitrogens with zero attached hydrogens (tertiary/aromatic N) is 1. The zero-order valence-electron chi connectivity index (χ0n) is 12.1. The Balaban J connectivity index is 2.02. The molecule has 1 aliphatic heterocycles. The molecule has 0 N–H and O–H groups in total. The number of rotatable bonds is 3. The molecule has 0 saturated carbocycles. The largest absolute Gasteiger partial charge is 0.380 e. The lowest BCUT2D eigenvalue weighted by Gasteiger charge is -2.21. The molecule has 2 rings (SSSR count). The molecule has 0 spiro atoms. The summed E-state index contributed by atoms with van der Waals surface area (Å²) in [6, 6.07) is 8.99. The van der Waals surface area contributed by atoms with Gasteiger partial charge < -0.3 is 4.74 Å². The van der Waals surface area contributed by atoms with Gasteiger partial charge in [0, 0.05) is 26.7 Å². The van der Waals surface area contributed by atoms with Crippen LogP contribution in [0, 0.1) is 0 Å². The Bertz CT molecular complexity index is 394. The van der Waals surface area contributed by atoms with Crippen molar-refractivity contribution in [3.63, 3.8) is 0 Å². The minimum Gasteiger partial charge on any atom is -0.380 e. The van der Waals surface area contributed by atoms with Gasteiger partial charge in [-0.1, -0.05) is 45.0 Å². The monoisotopic (exact) mass is 247 g/mol. The summed E-state index contributed by atoms with van der Waals surface area (Å²) in [6.07, 6.45) is 1.59. The summed E-state index contributed by atoms with van der Waals surface area (Å²) in [5.74, 6) is 0. The van der Waals surface area contributed by atoms with Crippen LogP contribution in [0.15, 0.2) is 24.3 Å². The molecule has 1 fully saturated rings. The first kappa shape index (κ1) is 13.6. The van der Waals surface area contributed by atoms with E-state index in [4.69, 9.17) is 4.74 Å². The number of hydrogen-bond acceptors (Lipinski definition) is 2. The standard InChI is InChI=1S/C16H25NO/c1-16(2,3)14-7-5-6-13(10-14)11-17-9-8-15(12-17)18-4/h5-7,10,15H,8-9,11-12H2,1-4H3. The topological polar surface area (TPSA) is 12.5 Å². The van der Waals surface area contributed by atoms with Gasteiger partial charge in [0.2, 0.25) is 0 Å². The van der Waals surface area contributed by atoms with Crippen molar-refractivity contribution in [3.8, 4) is 0 Å². The van der Waals surface area contributed by atoms with Crippen molar-refractivity contribution < 1.29 is 4.74 Å². The van der Waals surface area contributed by atoms with Gasteiger partial charge >= 0.3 is 0 Å². The van der Waals surface area contributed by atoms with Crippen molar-refractivity contribution >= 4 is 0 Å². The molecule has 0 radical (unpaired) electrons. The lowest BCUT2D eigenvalue weighted by molar-refractivity contribution is 0.107. The Labute approximate surface area is 111 Å². The molecule has 0 aliphatic carbocycles. The minimum absolute atomic E-state index is 0.232. The summed E-state index contributed by atoms with van der Waals surface area (Å²) in [7, 11) is 1.81. The maximum absolute atomic E-state index is 5.42. The van der Waals surface area contributed by atoms with E-state index in [1.165, 1.54) is 11.1 Å². The van der Waals surface area contributed by atoms with Crippen molar-refractivity contribution in [1.82, 2.24) is 4.90 Å². The molecule has 1 aliphatic rings. The molecule has 2 nitrogen and oxygen atoms in total. The zero-order chi connectivity index (χ0) is 13.2. The van der Waals surface area contributed by atoms with E-state index in [2.05, 4.69) is 49.9 Å². The van der Waals surface area contributed by atoms with Crippen molar-refractivity contribution in [1.29, 1.82) is 0 Å². The van der Waals surface area contributed by atoms with Crippen LogP contribution in [0.25, 0.3) is 0 Å². The van der Waals surface area contributed by atoms with Gasteiger partial charge in [0.05, 0.1) is 6.10 Å². The number of hydrogen-bond donors (Lipinski definition) is 0. The zero-order valence-corrected chi connectivity index (χ0v) is 12.1. The Morgan fingerprint density at radius 1 is 1.33 bits per heavy atom. The van der Waals surface area contributed by atoms with Gasteiger partial charge in [-0.15, -0.1) is 0 Å². The van der Waals surface area contributed by atoms with Gasteiger partial charge in [0.1, 0.15) is 0 Å². The highest BCUT2D eigenvalue weighted by molar-refractivity contribution is 5.28. The summed E-state index contributed by atoms with van der Waals surface area (Å²) in [5.41, 5.74) is 3.07. The van der Waals surface area contributed by atoms with Gasteiger partial charge in [-0.25, -0.2) is 0 Å². The lowest BCUT2D eigenvalue weighted by atomic mass is 9.86. The molecule has 0 bridgehead atoms. The second-order valence-corrected chi connectivity index (χ2v) is 6.33. The number of methoxy groups -OCH3 is 1. The highest BCUT2D eigenvalue weighted by atomic mass is 16.5. The normalized spacial score (nSPS) is 21.4. The number of benzene rings is 1. The van der Waals surface area contributed by atoms with Crippen LogP contribution in [0.2, 0.25) is 0 Å². The number of likely N-dealkylation sites (tertiary alicyclic amines) is 1. The van der Waals surface area contributed by atoms with Crippen LogP contribution in [0.1, 0.15) is 38.3 Å². The minimum atomic E-state index is 0.232. The van der Waals surface area contributed by atoms with E-state index >= 15 is 0 Å². The molecule has 1 heterocycles. The molecule has 0 amide bonds.